The minimum atomic E-state index is -3.92. The zero-order chi connectivity index (χ0) is 56.9. The highest BCUT2D eigenvalue weighted by atomic mass is 35.5. The van der Waals surface area contributed by atoms with Gasteiger partial charge in [-0.1, -0.05) is 68.8 Å². The van der Waals surface area contributed by atoms with Crippen LogP contribution in [0.2, 0.25) is 5.02 Å². The summed E-state index contributed by atoms with van der Waals surface area (Å²) < 4.78 is 75.9. The number of anilines is 4. The number of ketones is 1. The number of hydrogen-bond acceptors (Lipinski definition) is 20. The van der Waals surface area contributed by atoms with Gasteiger partial charge in [-0.25, -0.2) is 13.4 Å². The quantitative estimate of drug-likeness (QED) is 0.0415. The number of pyridine rings is 1. The highest BCUT2D eigenvalue weighted by molar-refractivity contribution is 7.90. The second kappa shape index (κ2) is 24.6. The highest BCUT2D eigenvalue weighted by Gasteiger charge is 2.47. The van der Waals surface area contributed by atoms with Gasteiger partial charge >= 0.3 is 12.3 Å². The van der Waals surface area contributed by atoms with Crippen molar-refractivity contribution in [3.05, 3.63) is 112 Å². The average Bonchev–Trinajstić information content (AvgIpc) is 4.20. The van der Waals surface area contributed by atoms with E-state index in [1.807, 2.05) is 62.4 Å². The molecule has 5 N–H and O–H groups in total. The number of ether oxygens (including phenoxy) is 4. The summed E-state index contributed by atoms with van der Waals surface area (Å²) in [5.74, 6) is -1.72. The van der Waals surface area contributed by atoms with Gasteiger partial charge in [0.25, 0.3) is 0 Å². The summed E-state index contributed by atoms with van der Waals surface area (Å²) in [6.07, 6.45) is -1.66. The number of benzene rings is 3. The zero-order valence-electron chi connectivity index (χ0n) is 45.0. The van der Waals surface area contributed by atoms with Crippen LogP contribution in [0.15, 0.2) is 89.4 Å². The van der Waals surface area contributed by atoms with Gasteiger partial charge in [-0.2, -0.15) is 15.0 Å². The van der Waals surface area contributed by atoms with Crippen LogP contribution in [-0.2, 0) is 30.7 Å². The molecule has 80 heavy (non-hydrogen) atoms. The lowest BCUT2D eigenvalue weighted by Crippen LogP contribution is -2.51. The van der Waals surface area contributed by atoms with E-state index in [1.165, 1.54) is 43.6 Å². The molecule has 0 spiro atoms. The molecule has 1 saturated carbocycles. The molecule has 426 valence electrons. The summed E-state index contributed by atoms with van der Waals surface area (Å²) >= 11 is 8.25. The van der Waals surface area contributed by atoms with E-state index in [1.54, 1.807) is 29.5 Å². The molecular weight excluding hydrogens is 1100 g/mol. The van der Waals surface area contributed by atoms with Crippen molar-refractivity contribution >= 4 is 67.7 Å². The molecule has 5 heterocycles. The number of aryl methyl sites for hydroxylation is 1. The molecule has 9 rings (SSSR count). The fourth-order valence-electron chi connectivity index (χ4n) is 10.1. The number of carbonyl (C=O) groups excluding carboxylic acids is 2. The summed E-state index contributed by atoms with van der Waals surface area (Å²) in [6.45, 7) is 12.4. The Bertz CT molecular complexity index is 3290. The first-order chi connectivity index (χ1) is 38.1. The third-order valence-corrected chi connectivity index (χ3v) is 16.6. The summed E-state index contributed by atoms with van der Waals surface area (Å²) in [5, 5.41) is 23.8. The van der Waals surface area contributed by atoms with Crippen molar-refractivity contribution in [1.29, 1.82) is 0 Å². The van der Waals surface area contributed by atoms with Crippen LogP contribution in [0.1, 0.15) is 62.2 Å². The van der Waals surface area contributed by atoms with Gasteiger partial charge in [0.05, 0.1) is 87.5 Å². The fourth-order valence-corrected chi connectivity index (χ4v) is 11.8. The lowest BCUT2D eigenvalue weighted by Gasteiger charge is -2.35. The molecular formula is C55H64ClF2N11O9S2. The molecule has 5 atom stereocenters. The van der Waals surface area contributed by atoms with Gasteiger partial charge in [-0.05, 0) is 72.7 Å². The number of methoxy groups -OCH3 is 1. The van der Waals surface area contributed by atoms with Crippen molar-refractivity contribution < 1.29 is 50.8 Å². The molecule has 25 heteroatoms. The Morgan fingerprint density at radius 3 is 2.41 bits per heavy atom. The van der Waals surface area contributed by atoms with Crippen LogP contribution in [0.5, 0.6) is 17.5 Å². The maximum Gasteiger partial charge on any atom is 0.586 e. The van der Waals surface area contributed by atoms with Crippen LogP contribution in [0.3, 0.4) is 0 Å². The molecule has 2 aliphatic heterocycles. The number of sulfone groups is 1. The third kappa shape index (κ3) is 13.9. The fraction of sp³-hybridized carbons (Fsp3) is 0.436. The van der Waals surface area contributed by atoms with E-state index in [-0.39, 0.29) is 74.9 Å². The SMILES string of the molecule is COc1nc(Nc2cc(S(C)(=O)=O)ccc2N[C@@H](c2cccc3c2OC(F)(F)O3)c2ncccc2Cl)nc(N2CCN(CCOCCN[C@H](C(=O)C3C[C@H](O)CC3C(=O)NCc3ccc(-c4scnc4C)cc3)C(C)(C)C)CC2)n1. The van der Waals surface area contributed by atoms with E-state index in [0.717, 1.165) is 28.0 Å². The first-order valence-corrected chi connectivity index (χ1v) is 29.2. The third-order valence-electron chi connectivity index (χ3n) is 14.2. The molecule has 2 unspecified atom stereocenters. The van der Waals surface area contributed by atoms with Crippen molar-refractivity contribution in [1.82, 2.24) is 40.5 Å². The number of para-hydroxylation sites is 1. The number of hydrogen-bond donors (Lipinski definition) is 5. The Balaban J connectivity index is 0.787. The maximum absolute atomic E-state index is 14.5. The van der Waals surface area contributed by atoms with Crippen LogP contribution in [0.4, 0.5) is 32.1 Å². The van der Waals surface area contributed by atoms with Gasteiger partial charge in [-0.15, -0.1) is 20.1 Å². The maximum atomic E-state index is 14.5. The van der Waals surface area contributed by atoms with Crippen LogP contribution >= 0.6 is 22.9 Å². The Morgan fingerprint density at radius 1 is 0.950 bits per heavy atom. The molecule has 1 amide bonds. The molecule has 1 saturated heterocycles. The number of amides is 1. The first-order valence-electron chi connectivity index (χ1n) is 26.1. The Hall–Kier alpha value is -6.67. The van der Waals surface area contributed by atoms with Crippen LogP contribution in [-0.4, -0.2) is 139 Å². The number of piperazine rings is 1. The number of carbonyl (C=O) groups is 2. The molecule has 3 aliphatic rings. The number of nitrogens with one attached hydrogen (secondary N) is 4. The van der Waals surface area contributed by atoms with Crippen molar-refractivity contribution in [3.8, 4) is 28.0 Å². The van der Waals surface area contributed by atoms with E-state index in [9.17, 15) is 31.9 Å². The second-order valence-corrected chi connectivity index (χ2v) is 24.2. The van der Waals surface area contributed by atoms with Gasteiger partial charge in [0, 0.05) is 69.7 Å². The minimum Gasteiger partial charge on any atom is -0.467 e. The minimum absolute atomic E-state index is 0.00966. The van der Waals surface area contributed by atoms with Crippen molar-refractivity contribution in [3.63, 3.8) is 0 Å². The number of Topliss-reactive ketones (excluding diaryl/α,β-unsaturated/α-hetero) is 1. The summed E-state index contributed by atoms with van der Waals surface area (Å²) in [7, 11) is -2.33. The first kappa shape index (κ1) is 58.0. The average molecular weight is 1160 g/mol. The number of fused-ring (bicyclic) bond motifs is 1. The van der Waals surface area contributed by atoms with Crippen molar-refractivity contribution in [2.75, 3.05) is 81.4 Å². The Labute approximate surface area is 471 Å². The lowest BCUT2D eigenvalue weighted by molar-refractivity contribution is -0.287. The van der Waals surface area contributed by atoms with Crippen LogP contribution < -0.4 is 40.4 Å². The number of aliphatic hydroxyl groups excluding tert-OH is 1. The zero-order valence-corrected chi connectivity index (χ0v) is 47.4. The molecule has 1 aliphatic carbocycles. The monoisotopic (exact) mass is 1160 g/mol. The topological polar surface area (TPSA) is 244 Å². The van der Waals surface area contributed by atoms with E-state index in [2.05, 4.69) is 46.1 Å². The summed E-state index contributed by atoms with van der Waals surface area (Å²) in [4.78, 5) is 55.6. The molecule has 0 bridgehead atoms. The highest BCUT2D eigenvalue weighted by Crippen LogP contribution is 2.48. The number of aromatic nitrogens is 5. The van der Waals surface area contributed by atoms with E-state index < -0.39 is 51.6 Å². The molecule has 3 aromatic carbocycles. The number of aliphatic hydroxyl groups is 1. The predicted molar refractivity (Wildman–Crippen MR) is 299 cm³/mol. The molecule has 2 fully saturated rings. The van der Waals surface area contributed by atoms with Crippen molar-refractivity contribution in [2.45, 2.75) is 76.5 Å². The van der Waals surface area contributed by atoms with Crippen molar-refractivity contribution in [2.24, 2.45) is 17.3 Å². The molecule has 6 aromatic rings. The Kier molecular flexibility index (Phi) is 17.8. The van der Waals surface area contributed by atoms with Gasteiger partial charge in [-0.3, -0.25) is 19.5 Å². The number of halogens is 3. The summed E-state index contributed by atoms with van der Waals surface area (Å²) in [6, 6.07) is 18.3. The van der Waals surface area contributed by atoms with Gasteiger partial charge < -0.3 is 50.2 Å². The van der Waals surface area contributed by atoms with E-state index in [4.69, 9.17) is 35.5 Å². The number of thiazole rings is 1. The van der Waals surface area contributed by atoms with Gasteiger partial charge in [0.2, 0.25) is 17.8 Å². The van der Waals surface area contributed by atoms with Crippen LogP contribution in [0.25, 0.3) is 10.4 Å². The summed E-state index contributed by atoms with van der Waals surface area (Å²) in [5.41, 5.74) is 5.25. The normalized spacial score (nSPS) is 18.9. The molecule has 3 aromatic heterocycles. The largest absolute Gasteiger partial charge is 0.586 e. The van der Waals surface area contributed by atoms with E-state index >= 15 is 0 Å². The van der Waals surface area contributed by atoms with E-state index in [0.29, 0.717) is 70.7 Å². The second-order valence-electron chi connectivity index (χ2n) is 21.0. The molecule has 0 radical (unpaired) electrons. The van der Waals surface area contributed by atoms with Gasteiger partial charge in [0.15, 0.2) is 27.1 Å². The predicted octanol–water partition coefficient (Wildman–Crippen LogP) is 7.45. The van der Waals surface area contributed by atoms with Gasteiger partial charge in [0.1, 0.15) is 0 Å². The Morgan fingerprint density at radius 2 is 1.71 bits per heavy atom. The standard InChI is InChI=1S/C55H64ClF2N11O9S2/c1-32-48(79-31-62-32)34-14-12-33(13-15-34)30-61-50(72)39-28-35(70)27-38(39)46(71)49(54(2,3)4)60-19-25-76-26-24-68-20-22-69(23-21-68)52-65-51(66-53(67-52)75-5)64-42-29-36(80(6,73)74)16-17-41(42)63-44(45-40(56)10-8-18-59-45)37-9-7-11-43-47(37)78-55(57,58)77-43/h7-18,29,31,35,38-39,44,49,60,63,70H,19-28,30H2,1-6H3,(H,61,72)(H,64,65,66,67)/t35-,38?,39?,44-,49+/m0/s1. The number of alkyl halides is 2. The number of rotatable bonds is 22. The molecule has 20 nitrogen and oxygen atoms in total. The lowest BCUT2D eigenvalue weighted by atomic mass is 9.77. The smallest absolute Gasteiger partial charge is 0.467 e. The number of nitrogens with zero attached hydrogens (tertiary/aromatic N) is 7. The van der Waals surface area contributed by atoms with Crippen LogP contribution in [0, 0.1) is 24.2 Å².